The Morgan fingerprint density at radius 3 is 2.86 bits per heavy atom. The normalized spacial score (nSPS) is 12.2. The van der Waals surface area contributed by atoms with Gasteiger partial charge in [-0.2, -0.15) is 4.98 Å². The van der Waals surface area contributed by atoms with Gasteiger partial charge < -0.3 is 14.6 Å². The lowest BCUT2D eigenvalue weighted by molar-refractivity contribution is -0.114. The van der Waals surface area contributed by atoms with Gasteiger partial charge in [0.25, 0.3) is 5.56 Å². The number of benzene rings is 1. The van der Waals surface area contributed by atoms with E-state index in [1.54, 1.807) is 0 Å². The molecule has 2 heterocycles. The molecule has 0 bridgehead atoms. The molecule has 10 nitrogen and oxygen atoms in total. The predicted molar refractivity (Wildman–Crippen MR) is 101 cm³/mol. The highest BCUT2D eigenvalue weighted by Crippen LogP contribution is 2.09. The highest BCUT2D eigenvalue weighted by atomic mass is 16.5. The second kappa shape index (κ2) is 9.22. The number of aliphatic hydroxyl groups excluding tert-OH is 1. The van der Waals surface area contributed by atoms with Crippen molar-refractivity contribution in [1.29, 1.82) is 0 Å². The number of amides is 1. The molecule has 2 aromatic heterocycles. The summed E-state index contributed by atoms with van der Waals surface area (Å²) in [6.07, 6.45) is 0.849. The summed E-state index contributed by atoms with van der Waals surface area (Å²) < 4.78 is 12.7. The van der Waals surface area contributed by atoms with Crippen LogP contribution in [0.25, 0.3) is 11.2 Å². The average molecular weight is 387 g/mol. The molecule has 0 aliphatic heterocycles. The predicted octanol–water partition coefficient (Wildman–Crippen LogP) is 0.630. The molecule has 28 heavy (non-hydrogen) atoms. The molecule has 1 unspecified atom stereocenters. The van der Waals surface area contributed by atoms with Gasteiger partial charge in [-0.05, 0) is 5.56 Å². The average Bonchev–Trinajstić information content (AvgIpc) is 3.08. The van der Waals surface area contributed by atoms with Gasteiger partial charge in [0.15, 0.2) is 11.2 Å². The maximum atomic E-state index is 12.0. The molecule has 1 atom stereocenters. The van der Waals surface area contributed by atoms with E-state index in [-0.39, 0.29) is 43.0 Å². The minimum absolute atomic E-state index is 0.00634. The molecule has 3 aromatic rings. The van der Waals surface area contributed by atoms with Crippen LogP contribution in [-0.4, -0.2) is 49.9 Å². The van der Waals surface area contributed by atoms with Gasteiger partial charge in [0.2, 0.25) is 11.9 Å². The summed E-state index contributed by atoms with van der Waals surface area (Å²) in [5.74, 6) is -0.336. The van der Waals surface area contributed by atoms with Crippen molar-refractivity contribution in [1.82, 2.24) is 19.5 Å². The molecule has 0 fully saturated rings. The van der Waals surface area contributed by atoms with Crippen LogP contribution < -0.4 is 10.9 Å². The van der Waals surface area contributed by atoms with E-state index in [1.165, 1.54) is 17.8 Å². The van der Waals surface area contributed by atoms with Gasteiger partial charge in [-0.15, -0.1) is 0 Å². The first kappa shape index (κ1) is 19.7. The van der Waals surface area contributed by atoms with Crippen molar-refractivity contribution in [3.05, 3.63) is 52.6 Å². The Morgan fingerprint density at radius 1 is 1.36 bits per heavy atom. The summed E-state index contributed by atoms with van der Waals surface area (Å²) in [4.78, 5) is 33.9. The number of carbonyl (C=O) groups excluding carboxylic acids is 1. The molecule has 0 saturated heterocycles. The van der Waals surface area contributed by atoms with E-state index < -0.39 is 11.7 Å². The molecular formula is C18H21N5O5. The molecule has 3 rings (SSSR count). The monoisotopic (exact) mass is 387 g/mol. The third kappa shape index (κ3) is 5.00. The van der Waals surface area contributed by atoms with Crippen molar-refractivity contribution < 1.29 is 19.4 Å². The molecule has 0 saturated carbocycles. The van der Waals surface area contributed by atoms with Crippen molar-refractivity contribution in [3.63, 3.8) is 0 Å². The number of H-pyrrole nitrogens is 1. The Kier molecular flexibility index (Phi) is 6.48. The van der Waals surface area contributed by atoms with E-state index in [2.05, 4.69) is 20.3 Å². The molecule has 1 amide bonds. The van der Waals surface area contributed by atoms with Crippen LogP contribution in [0.3, 0.4) is 0 Å². The first-order chi connectivity index (χ1) is 13.6. The quantitative estimate of drug-likeness (QED) is 0.491. The van der Waals surface area contributed by atoms with E-state index in [4.69, 9.17) is 9.47 Å². The lowest BCUT2D eigenvalue weighted by Crippen LogP contribution is -2.25. The molecule has 1 aromatic carbocycles. The number of carbonyl (C=O) groups is 1. The van der Waals surface area contributed by atoms with Gasteiger partial charge in [-0.3, -0.25) is 24.5 Å². The summed E-state index contributed by atoms with van der Waals surface area (Å²) in [5, 5.41) is 11.9. The zero-order valence-electron chi connectivity index (χ0n) is 15.3. The van der Waals surface area contributed by atoms with E-state index in [0.29, 0.717) is 6.61 Å². The van der Waals surface area contributed by atoms with Gasteiger partial charge in [0.1, 0.15) is 12.8 Å². The second-order valence-electron chi connectivity index (χ2n) is 6.08. The number of rotatable bonds is 9. The molecule has 148 valence electrons. The van der Waals surface area contributed by atoms with Crippen molar-refractivity contribution >= 4 is 23.0 Å². The first-order valence-corrected chi connectivity index (χ1v) is 8.63. The van der Waals surface area contributed by atoms with Crippen LogP contribution in [-0.2, 0) is 27.6 Å². The molecule has 3 N–H and O–H groups in total. The largest absolute Gasteiger partial charge is 0.394 e. The number of hydrogen-bond acceptors (Lipinski definition) is 7. The number of imidazole rings is 1. The zero-order chi connectivity index (χ0) is 19.9. The topological polar surface area (TPSA) is 131 Å². The van der Waals surface area contributed by atoms with E-state index >= 15 is 0 Å². The van der Waals surface area contributed by atoms with Crippen LogP contribution in [0.4, 0.5) is 5.95 Å². The molecule has 0 aliphatic carbocycles. The van der Waals surface area contributed by atoms with E-state index in [1.807, 2.05) is 30.3 Å². The zero-order valence-corrected chi connectivity index (χ0v) is 15.3. The second-order valence-corrected chi connectivity index (χ2v) is 6.08. The van der Waals surface area contributed by atoms with Crippen LogP contribution in [0.5, 0.6) is 0 Å². The molecular weight excluding hydrogens is 366 g/mol. The summed E-state index contributed by atoms with van der Waals surface area (Å²) in [6.45, 7) is 1.69. The highest BCUT2D eigenvalue weighted by molar-refractivity contribution is 5.87. The number of aliphatic hydroxyl groups is 1. The number of hydrogen-bond donors (Lipinski definition) is 3. The van der Waals surface area contributed by atoms with Gasteiger partial charge in [0, 0.05) is 6.92 Å². The van der Waals surface area contributed by atoms with Crippen LogP contribution in [0.15, 0.2) is 41.5 Å². The van der Waals surface area contributed by atoms with Gasteiger partial charge in [-0.1, -0.05) is 30.3 Å². The van der Waals surface area contributed by atoms with Crippen molar-refractivity contribution in [3.8, 4) is 0 Å². The lowest BCUT2D eigenvalue weighted by atomic mass is 10.2. The maximum absolute atomic E-state index is 12.0. The Bertz CT molecular complexity index is 985. The highest BCUT2D eigenvalue weighted by Gasteiger charge is 2.13. The summed E-state index contributed by atoms with van der Waals surface area (Å²) in [7, 11) is 0. The standard InChI is InChI=1S/C18H21N5O5/c1-12(25)20-18-21-16-15(17(26)22-18)19-10-23(16)11-28-14(7-24)9-27-8-13-5-3-2-4-6-13/h2-6,10,14,24H,7-9,11H2,1H3,(H2,20,21,22,25,26). The first-order valence-electron chi connectivity index (χ1n) is 8.63. The van der Waals surface area contributed by atoms with Crippen molar-refractivity contribution in [2.24, 2.45) is 0 Å². The number of anilines is 1. The van der Waals surface area contributed by atoms with Crippen LogP contribution >= 0.6 is 0 Å². The van der Waals surface area contributed by atoms with Gasteiger partial charge in [0.05, 0.1) is 26.1 Å². The fourth-order valence-corrected chi connectivity index (χ4v) is 2.50. The Labute approximate surface area is 160 Å². The van der Waals surface area contributed by atoms with Crippen LogP contribution in [0.1, 0.15) is 12.5 Å². The van der Waals surface area contributed by atoms with Crippen LogP contribution in [0, 0.1) is 0 Å². The molecule has 10 heteroatoms. The molecule has 0 aliphatic rings. The van der Waals surface area contributed by atoms with E-state index in [9.17, 15) is 14.7 Å². The van der Waals surface area contributed by atoms with Gasteiger partial charge in [-0.25, -0.2) is 4.98 Å². The Hall–Kier alpha value is -3.08. The maximum Gasteiger partial charge on any atom is 0.280 e. The number of fused-ring (bicyclic) bond motifs is 1. The number of ether oxygens (including phenoxy) is 2. The van der Waals surface area contributed by atoms with E-state index in [0.717, 1.165) is 5.56 Å². The number of aromatic amines is 1. The van der Waals surface area contributed by atoms with Crippen molar-refractivity contribution in [2.45, 2.75) is 26.4 Å². The summed E-state index contributed by atoms with van der Waals surface area (Å²) >= 11 is 0. The fourth-order valence-electron chi connectivity index (χ4n) is 2.50. The number of nitrogens with one attached hydrogen (secondary N) is 2. The van der Waals surface area contributed by atoms with Crippen molar-refractivity contribution in [2.75, 3.05) is 18.5 Å². The summed E-state index contributed by atoms with van der Waals surface area (Å²) in [6, 6.07) is 9.67. The Balaban J connectivity index is 1.62. The minimum Gasteiger partial charge on any atom is -0.394 e. The molecule has 0 radical (unpaired) electrons. The minimum atomic E-state index is -0.557. The SMILES string of the molecule is CC(=O)Nc1nc2c(ncn2COC(CO)COCc2ccccc2)c(=O)[nH]1. The fraction of sp³-hybridized carbons (Fsp3) is 0.333. The molecule has 0 spiro atoms. The lowest BCUT2D eigenvalue weighted by Gasteiger charge is -2.16. The van der Waals surface area contributed by atoms with Crippen LogP contribution in [0.2, 0.25) is 0 Å². The smallest absolute Gasteiger partial charge is 0.280 e. The third-order valence-electron chi connectivity index (χ3n) is 3.84. The third-order valence-corrected chi connectivity index (χ3v) is 3.84. The number of aromatic nitrogens is 4. The van der Waals surface area contributed by atoms with Gasteiger partial charge >= 0.3 is 0 Å². The number of nitrogens with zero attached hydrogens (tertiary/aromatic N) is 3. The Morgan fingerprint density at radius 2 is 2.14 bits per heavy atom. The summed E-state index contributed by atoms with van der Waals surface area (Å²) in [5.41, 5.74) is 0.930.